The molecule has 0 aromatic heterocycles. The number of aliphatic hydroxyl groups excluding tert-OH is 1. The second kappa shape index (κ2) is 11.3. The molecular weight excluding hydrogens is 468 g/mol. The molecule has 0 radical (unpaired) electrons. The maximum Gasteiger partial charge on any atom is 0.317 e. The first-order valence-corrected chi connectivity index (χ1v) is 13.9. The lowest BCUT2D eigenvalue weighted by atomic mass is 9.52. The van der Waals surface area contributed by atoms with Crippen LogP contribution in [0.3, 0.4) is 0 Å². The zero-order valence-electron chi connectivity index (χ0n) is 23.1. The summed E-state index contributed by atoms with van der Waals surface area (Å²) in [6.45, 7) is 7.17. The van der Waals surface area contributed by atoms with Crippen LogP contribution in [0, 0.1) is 40.4 Å². The van der Waals surface area contributed by atoms with E-state index in [0.717, 1.165) is 42.4 Å². The summed E-state index contributed by atoms with van der Waals surface area (Å²) < 4.78 is 16.5. The number of carbonyl (C=O) groups is 2. The van der Waals surface area contributed by atoms with Crippen molar-refractivity contribution in [2.45, 2.75) is 72.0 Å². The highest BCUT2D eigenvalue weighted by molar-refractivity contribution is 5.89. The van der Waals surface area contributed by atoms with Crippen LogP contribution < -0.4 is 4.74 Å². The number of fused-ring (bicyclic) bond motifs is 2. The van der Waals surface area contributed by atoms with Crippen molar-refractivity contribution >= 4 is 12.3 Å². The fourth-order valence-corrected chi connectivity index (χ4v) is 7.92. The van der Waals surface area contributed by atoms with Crippen molar-refractivity contribution in [1.82, 2.24) is 0 Å². The number of carbonyl (C=O) groups excluding carboxylic acids is 2. The molecule has 3 aliphatic rings. The standard InChI is InChI=1S/C31H44O6/c1-20(2)26-14-23-16-30(19-32,27-15-28(33)21(3)25(27)8-6-7-13-35-4)31(26,17-23)29(34)37-18-22-9-11-24(36-5)12-10-22/h9-12,14,19-21,23,25,27-28,33H,6-8,13,15-18H2,1-5H3. The summed E-state index contributed by atoms with van der Waals surface area (Å²) in [5.74, 6) is 0.971. The van der Waals surface area contributed by atoms with E-state index in [2.05, 4.69) is 26.8 Å². The number of hydrogen-bond donors (Lipinski definition) is 1. The molecule has 0 spiro atoms. The van der Waals surface area contributed by atoms with Crippen LogP contribution in [-0.2, 0) is 25.7 Å². The van der Waals surface area contributed by atoms with Crippen molar-refractivity contribution in [2.24, 2.45) is 40.4 Å². The Morgan fingerprint density at radius 1 is 1.16 bits per heavy atom. The van der Waals surface area contributed by atoms with Gasteiger partial charge in [-0.25, -0.2) is 0 Å². The number of methoxy groups -OCH3 is 2. The van der Waals surface area contributed by atoms with Crippen molar-refractivity contribution in [3.05, 3.63) is 41.5 Å². The quantitative estimate of drug-likeness (QED) is 0.176. The molecule has 2 fully saturated rings. The molecule has 6 nitrogen and oxygen atoms in total. The molecule has 7 unspecified atom stereocenters. The number of unbranched alkanes of at least 4 members (excludes halogenated alkanes) is 1. The van der Waals surface area contributed by atoms with E-state index < -0.39 is 16.9 Å². The van der Waals surface area contributed by atoms with Crippen molar-refractivity contribution in [3.8, 4) is 5.75 Å². The van der Waals surface area contributed by atoms with Crippen molar-refractivity contribution in [3.63, 3.8) is 0 Å². The van der Waals surface area contributed by atoms with Gasteiger partial charge in [-0.15, -0.1) is 0 Å². The summed E-state index contributed by atoms with van der Waals surface area (Å²) in [4.78, 5) is 27.5. The summed E-state index contributed by atoms with van der Waals surface area (Å²) in [5.41, 5.74) is 0.0912. The van der Waals surface area contributed by atoms with E-state index in [0.29, 0.717) is 25.9 Å². The van der Waals surface area contributed by atoms with E-state index in [-0.39, 0.29) is 42.2 Å². The van der Waals surface area contributed by atoms with Gasteiger partial charge in [0.2, 0.25) is 0 Å². The van der Waals surface area contributed by atoms with Gasteiger partial charge < -0.3 is 24.1 Å². The third kappa shape index (κ3) is 4.76. The van der Waals surface area contributed by atoms with Crippen LogP contribution >= 0.6 is 0 Å². The summed E-state index contributed by atoms with van der Waals surface area (Å²) in [6.07, 6.45) is 7.55. The predicted molar refractivity (Wildman–Crippen MR) is 142 cm³/mol. The second-order valence-electron chi connectivity index (χ2n) is 11.9. The van der Waals surface area contributed by atoms with Crippen LogP contribution in [0.2, 0.25) is 0 Å². The first kappa shape index (κ1) is 27.8. The van der Waals surface area contributed by atoms with Gasteiger partial charge in [0.1, 0.15) is 24.1 Å². The van der Waals surface area contributed by atoms with E-state index in [1.807, 2.05) is 24.3 Å². The molecule has 1 N–H and O–H groups in total. The smallest absolute Gasteiger partial charge is 0.317 e. The van der Waals surface area contributed by atoms with E-state index in [9.17, 15) is 14.7 Å². The Morgan fingerprint density at radius 3 is 2.51 bits per heavy atom. The van der Waals surface area contributed by atoms with Gasteiger partial charge in [-0.1, -0.05) is 51.0 Å². The van der Waals surface area contributed by atoms with Gasteiger partial charge in [0.15, 0.2) is 0 Å². The molecular formula is C31H44O6. The van der Waals surface area contributed by atoms with Crippen molar-refractivity contribution < 1.29 is 28.9 Å². The summed E-state index contributed by atoms with van der Waals surface area (Å²) >= 11 is 0. The van der Waals surface area contributed by atoms with Crippen LogP contribution in [0.15, 0.2) is 35.9 Å². The Balaban J connectivity index is 1.67. The Bertz CT molecular complexity index is 984. The fraction of sp³-hybridized carbons (Fsp3) is 0.677. The normalized spacial score (nSPS) is 34.6. The largest absolute Gasteiger partial charge is 0.497 e. The molecule has 0 saturated heterocycles. The minimum atomic E-state index is -0.973. The summed E-state index contributed by atoms with van der Waals surface area (Å²) in [5, 5.41) is 11.0. The van der Waals surface area contributed by atoms with Crippen LogP contribution in [0.25, 0.3) is 0 Å². The molecule has 4 rings (SSSR count). The maximum absolute atomic E-state index is 14.2. The molecule has 6 heteroatoms. The second-order valence-corrected chi connectivity index (χ2v) is 11.9. The Hall–Kier alpha value is -2.18. The highest BCUT2D eigenvalue weighted by atomic mass is 16.5. The summed E-state index contributed by atoms with van der Waals surface area (Å²) in [7, 11) is 3.33. The number of allylic oxidation sites excluding steroid dienone is 1. The van der Waals surface area contributed by atoms with E-state index in [4.69, 9.17) is 14.2 Å². The molecule has 0 aliphatic heterocycles. The van der Waals surface area contributed by atoms with Gasteiger partial charge >= 0.3 is 5.97 Å². The average molecular weight is 513 g/mol. The Morgan fingerprint density at radius 2 is 1.89 bits per heavy atom. The van der Waals surface area contributed by atoms with Crippen molar-refractivity contribution in [2.75, 3.05) is 20.8 Å². The van der Waals surface area contributed by atoms with E-state index in [1.165, 1.54) is 0 Å². The molecule has 3 aliphatic carbocycles. The Kier molecular flexibility index (Phi) is 8.49. The zero-order chi connectivity index (χ0) is 26.8. The molecule has 204 valence electrons. The highest BCUT2D eigenvalue weighted by Gasteiger charge is 2.72. The van der Waals surface area contributed by atoms with Gasteiger partial charge in [-0.05, 0) is 79.4 Å². The van der Waals surface area contributed by atoms with Crippen LogP contribution in [-0.4, -0.2) is 44.3 Å². The van der Waals surface area contributed by atoms with Gasteiger partial charge in [0.05, 0.1) is 13.2 Å². The first-order chi connectivity index (χ1) is 17.7. The molecule has 1 aromatic carbocycles. The van der Waals surface area contributed by atoms with Gasteiger partial charge in [-0.3, -0.25) is 4.79 Å². The van der Waals surface area contributed by atoms with E-state index in [1.54, 1.807) is 14.2 Å². The molecule has 37 heavy (non-hydrogen) atoms. The predicted octanol–water partition coefficient (Wildman–Crippen LogP) is 5.37. The van der Waals surface area contributed by atoms with Crippen LogP contribution in [0.1, 0.15) is 64.9 Å². The number of ether oxygens (including phenoxy) is 3. The minimum absolute atomic E-state index is 0.0569. The van der Waals surface area contributed by atoms with Gasteiger partial charge in [0, 0.05) is 19.1 Å². The number of aldehydes is 1. The molecule has 2 bridgehead atoms. The lowest BCUT2D eigenvalue weighted by molar-refractivity contribution is -0.167. The van der Waals surface area contributed by atoms with Crippen LogP contribution in [0.5, 0.6) is 5.75 Å². The monoisotopic (exact) mass is 512 g/mol. The highest BCUT2D eigenvalue weighted by Crippen LogP contribution is 2.71. The van der Waals surface area contributed by atoms with Gasteiger partial charge in [-0.2, -0.15) is 0 Å². The first-order valence-electron chi connectivity index (χ1n) is 13.9. The maximum atomic E-state index is 14.2. The third-order valence-electron chi connectivity index (χ3n) is 9.67. The topological polar surface area (TPSA) is 82.1 Å². The average Bonchev–Trinajstić information content (AvgIpc) is 3.54. The molecule has 2 saturated carbocycles. The molecule has 0 amide bonds. The number of hydrogen-bond acceptors (Lipinski definition) is 6. The molecule has 0 heterocycles. The zero-order valence-corrected chi connectivity index (χ0v) is 23.1. The SMILES string of the molecule is COCCCCC1C(C)C(O)CC1C1(C=O)CC2C=C(C(C)C)C1(C(=O)OCc1ccc(OC)cc1)C2. The number of rotatable bonds is 12. The Labute approximate surface area is 221 Å². The fourth-order valence-electron chi connectivity index (χ4n) is 7.92. The molecule has 7 atom stereocenters. The van der Waals surface area contributed by atoms with Gasteiger partial charge in [0.25, 0.3) is 0 Å². The number of aliphatic hydroxyl groups is 1. The number of esters is 1. The van der Waals surface area contributed by atoms with E-state index >= 15 is 0 Å². The minimum Gasteiger partial charge on any atom is -0.497 e. The van der Waals surface area contributed by atoms with Crippen molar-refractivity contribution in [1.29, 1.82) is 0 Å². The van der Waals surface area contributed by atoms with Crippen LogP contribution in [0.4, 0.5) is 0 Å². The number of benzene rings is 1. The molecule has 1 aromatic rings. The summed E-state index contributed by atoms with van der Waals surface area (Å²) in [6, 6.07) is 7.50. The lowest BCUT2D eigenvalue weighted by Gasteiger charge is -2.49. The third-order valence-corrected chi connectivity index (χ3v) is 9.67. The lowest BCUT2D eigenvalue weighted by Crippen LogP contribution is -2.53.